The largest absolute Gasteiger partial charge is 0.411 e. The van der Waals surface area contributed by atoms with Gasteiger partial charge in [0.2, 0.25) is 0 Å². The Hall–Kier alpha value is -3.77. The molecule has 0 heterocycles. The maximum atomic E-state index is 12.3. The predicted octanol–water partition coefficient (Wildman–Crippen LogP) is 18.4. The van der Waals surface area contributed by atoms with Crippen LogP contribution in [-0.2, 0) is 49.4 Å². The summed E-state index contributed by atoms with van der Waals surface area (Å²) in [4.78, 5) is 0. The van der Waals surface area contributed by atoms with Gasteiger partial charge in [0.15, 0.2) is 0 Å². The first kappa shape index (κ1) is 89.8. The zero-order valence-corrected chi connectivity index (χ0v) is 44.1. The standard InChI is InChI=1S/C11H10F6.C9H9F3.C9H12.C6H9F5O2.C5H12O2.C4H7F3.C4H10O2.C3H8.3CH4/c1-7-2-8(5-10(12,13)14)4-9(3-7)6-11(15,16)17;1-7-2-4-8(5-3-7)6-9(10,11)12;1-3-9-6-4-8(2)5-7-9;1-2-13-6(10,11)4-12-3-5(7,8)9;1-3-7-5-4-6-2;1-2-3-4(5,6)7;1-2-6-4-3-5;1-3-2;;;/h2-4H,5-6H2,1H3;2-5H,6H2,1H3;4-7H,3H2,1-2H3;2-4H2,1H3;3-5H2,1-2H3;2-3H2,1H3;5H,2-4H2,1H3;3H2,1-2H3;3*1H4. The molecule has 0 saturated carbocycles. The molecule has 0 aliphatic rings. The molecular formula is C54H89F17O6. The van der Waals surface area contributed by atoms with E-state index < -0.39 is 75.9 Å². The van der Waals surface area contributed by atoms with E-state index in [0.717, 1.165) is 24.7 Å². The van der Waals surface area contributed by atoms with Crippen molar-refractivity contribution >= 4 is 0 Å². The number of benzene rings is 3. The summed E-state index contributed by atoms with van der Waals surface area (Å²) >= 11 is 0. The predicted molar refractivity (Wildman–Crippen MR) is 275 cm³/mol. The lowest BCUT2D eigenvalue weighted by Gasteiger charge is -2.16. The molecule has 0 radical (unpaired) electrons. The van der Waals surface area contributed by atoms with E-state index in [4.69, 9.17) is 19.3 Å². The molecule has 0 fully saturated rings. The molecule has 0 atom stereocenters. The monoisotopic (exact) mass is 1160 g/mol. The summed E-state index contributed by atoms with van der Waals surface area (Å²) in [5.41, 5.74) is 4.15. The van der Waals surface area contributed by atoms with E-state index in [2.05, 4.69) is 61.4 Å². The van der Waals surface area contributed by atoms with Crippen molar-refractivity contribution in [3.05, 3.63) is 106 Å². The van der Waals surface area contributed by atoms with Crippen molar-refractivity contribution in [2.45, 2.75) is 173 Å². The molecular weight excluding hydrogens is 1070 g/mol. The second-order valence-electron chi connectivity index (χ2n) is 15.4. The van der Waals surface area contributed by atoms with Crippen LogP contribution >= 0.6 is 0 Å². The Labute approximate surface area is 448 Å². The summed E-state index contributed by atoms with van der Waals surface area (Å²) in [7, 11) is 1.67. The molecule has 0 aromatic heterocycles. The van der Waals surface area contributed by atoms with Crippen LogP contribution in [0.3, 0.4) is 0 Å². The molecule has 0 aliphatic heterocycles. The van der Waals surface area contributed by atoms with Crippen LogP contribution in [0.4, 0.5) is 74.6 Å². The molecule has 0 aliphatic carbocycles. The third-order valence-corrected chi connectivity index (χ3v) is 7.56. The van der Waals surface area contributed by atoms with Crippen LogP contribution in [0, 0.1) is 20.8 Å². The highest BCUT2D eigenvalue weighted by Gasteiger charge is 2.34. The third kappa shape index (κ3) is 76.5. The zero-order valence-electron chi connectivity index (χ0n) is 44.1. The van der Waals surface area contributed by atoms with Gasteiger partial charge >= 0.3 is 37.0 Å². The van der Waals surface area contributed by atoms with Gasteiger partial charge in [-0.2, -0.15) is 74.6 Å². The first-order valence-electron chi connectivity index (χ1n) is 23.3. The van der Waals surface area contributed by atoms with Gasteiger partial charge in [-0.15, -0.1) is 0 Å². The SMILES string of the molecule is C.C.C.CCC.CCCC(F)(F)F.CCOC(F)(F)COCC(F)(F)F.CCOCCO.CCOCCOC.CCc1ccc(C)cc1.Cc1cc(CC(F)(F)F)cc(CC(F)(F)F)c1.Cc1ccc(CC(F)(F)F)cc1. The van der Waals surface area contributed by atoms with Gasteiger partial charge in [-0.1, -0.05) is 140 Å². The summed E-state index contributed by atoms with van der Waals surface area (Å²) in [5.74, 6) is 0. The van der Waals surface area contributed by atoms with Crippen LogP contribution in [0.2, 0.25) is 0 Å². The van der Waals surface area contributed by atoms with Gasteiger partial charge in [-0.3, -0.25) is 0 Å². The first-order valence-corrected chi connectivity index (χ1v) is 23.3. The van der Waals surface area contributed by atoms with Crippen LogP contribution in [0.25, 0.3) is 0 Å². The Morgan fingerprint density at radius 1 is 0.416 bits per heavy atom. The molecule has 0 bridgehead atoms. The van der Waals surface area contributed by atoms with Gasteiger partial charge in [0.05, 0.1) is 52.3 Å². The van der Waals surface area contributed by atoms with Gasteiger partial charge in [0.1, 0.15) is 13.2 Å². The fraction of sp³-hybridized carbons (Fsp3) is 0.667. The number of ether oxygens (including phenoxy) is 5. The number of methoxy groups -OCH3 is 1. The molecule has 3 aromatic carbocycles. The molecule has 3 aromatic rings. The molecule has 6 nitrogen and oxygen atoms in total. The van der Waals surface area contributed by atoms with Gasteiger partial charge in [0.25, 0.3) is 0 Å². The first-order chi connectivity index (χ1) is 33.9. The van der Waals surface area contributed by atoms with Crippen LogP contribution < -0.4 is 0 Å². The van der Waals surface area contributed by atoms with Crippen LogP contribution in [0.5, 0.6) is 0 Å². The molecule has 3 rings (SSSR count). The fourth-order valence-corrected chi connectivity index (χ4v) is 4.69. The quantitative estimate of drug-likeness (QED) is 0.107. The van der Waals surface area contributed by atoms with Crippen LogP contribution in [0.15, 0.2) is 66.7 Å². The lowest BCUT2D eigenvalue weighted by Crippen LogP contribution is -2.30. The summed E-state index contributed by atoms with van der Waals surface area (Å²) in [6, 6.07) is 18.5. The topological polar surface area (TPSA) is 66.4 Å². The van der Waals surface area contributed by atoms with E-state index in [1.54, 1.807) is 19.2 Å². The summed E-state index contributed by atoms with van der Waals surface area (Å²) < 4.78 is 222. The minimum Gasteiger partial charge on any atom is -0.394 e. The van der Waals surface area contributed by atoms with Crippen molar-refractivity contribution in [1.29, 1.82) is 0 Å². The van der Waals surface area contributed by atoms with Gasteiger partial charge in [0, 0.05) is 26.7 Å². The van der Waals surface area contributed by atoms with Crippen molar-refractivity contribution < 1.29 is 103 Å². The van der Waals surface area contributed by atoms with E-state index in [0.29, 0.717) is 37.6 Å². The van der Waals surface area contributed by atoms with Gasteiger partial charge < -0.3 is 28.8 Å². The summed E-state index contributed by atoms with van der Waals surface area (Å²) in [6.45, 7) is 18.6. The summed E-state index contributed by atoms with van der Waals surface area (Å²) in [5, 5.41) is 8.07. The van der Waals surface area contributed by atoms with Gasteiger partial charge in [-0.25, -0.2) is 0 Å². The molecule has 0 spiro atoms. The number of alkyl halides is 17. The highest BCUT2D eigenvalue weighted by atomic mass is 19.4. The Bertz CT molecular complexity index is 1650. The van der Waals surface area contributed by atoms with Crippen molar-refractivity contribution in [1.82, 2.24) is 0 Å². The average Bonchev–Trinajstić information content (AvgIpc) is 3.23. The number of halogens is 17. The average molecular weight is 1160 g/mol. The zero-order chi connectivity index (χ0) is 58.7. The highest BCUT2D eigenvalue weighted by molar-refractivity contribution is 5.30. The number of hydrogen-bond acceptors (Lipinski definition) is 6. The van der Waals surface area contributed by atoms with Crippen molar-refractivity contribution in [2.75, 3.05) is 66.6 Å². The van der Waals surface area contributed by atoms with E-state index in [-0.39, 0.29) is 53.0 Å². The Kier molecular flexibility index (Phi) is 58.8. The fourth-order valence-electron chi connectivity index (χ4n) is 4.69. The highest BCUT2D eigenvalue weighted by Crippen LogP contribution is 2.27. The number of hydrogen-bond donors (Lipinski definition) is 1. The van der Waals surface area contributed by atoms with Crippen molar-refractivity contribution in [3.63, 3.8) is 0 Å². The molecule has 77 heavy (non-hydrogen) atoms. The molecule has 1 N–H and O–H groups in total. The van der Waals surface area contributed by atoms with E-state index >= 15 is 0 Å². The lowest BCUT2D eigenvalue weighted by molar-refractivity contribution is -0.275. The van der Waals surface area contributed by atoms with E-state index in [1.165, 1.54) is 62.6 Å². The molecule has 460 valence electrons. The molecule has 0 unspecified atom stereocenters. The minimum atomic E-state index is -4.59. The maximum absolute atomic E-state index is 12.3. The van der Waals surface area contributed by atoms with E-state index in [9.17, 15) is 74.6 Å². The molecule has 23 heteroatoms. The number of aryl methyl sites for hydroxylation is 4. The smallest absolute Gasteiger partial charge is 0.394 e. The van der Waals surface area contributed by atoms with Crippen molar-refractivity contribution in [2.24, 2.45) is 0 Å². The summed E-state index contributed by atoms with van der Waals surface area (Å²) in [6.07, 6.45) is -26.5. The second kappa shape index (κ2) is 50.4. The number of aliphatic hydroxyl groups is 1. The Morgan fingerprint density at radius 3 is 1.06 bits per heavy atom. The molecule has 0 amide bonds. The van der Waals surface area contributed by atoms with Crippen LogP contribution in [0.1, 0.15) is 129 Å². The second-order valence-corrected chi connectivity index (χ2v) is 15.4. The maximum Gasteiger partial charge on any atom is 0.411 e. The Morgan fingerprint density at radius 2 is 0.792 bits per heavy atom. The van der Waals surface area contributed by atoms with Gasteiger partial charge in [-0.05, 0) is 76.6 Å². The van der Waals surface area contributed by atoms with Crippen molar-refractivity contribution in [3.8, 4) is 0 Å². The Balaban J connectivity index is -0.000000122. The normalized spacial score (nSPS) is 10.9. The minimum absolute atomic E-state index is 0. The molecule has 0 saturated heterocycles. The number of aliphatic hydroxyl groups excluding tert-OH is 1. The third-order valence-electron chi connectivity index (χ3n) is 7.56. The van der Waals surface area contributed by atoms with Crippen LogP contribution in [-0.4, -0.2) is 109 Å². The van der Waals surface area contributed by atoms with E-state index in [1.807, 2.05) is 20.8 Å². The lowest BCUT2D eigenvalue weighted by atomic mass is 10.0. The number of rotatable bonds is 17.